The third-order valence-corrected chi connectivity index (χ3v) is 2.25. The van der Waals surface area contributed by atoms with Crippen molar-refractivity contribution < 1.29 is 0 Å². The zero-order valence-electron chi connectivity index (χ0n) is 7.50. The number of aromatic amines is 1. The summed E-state index contributed by atoms with van der Waals surface area (Å²) in [6.07, 6.45) is 2.64. The second-order valence-electron chi connectivity index (χ2n) is 3.08. The second-order valence-corrected chi connectivity index (χ2v) is 3.08. The molecule has 13 heavy (non-hydrogen) atoms. The van der Waals surface area contributed by atoms with Gasteiger partial charge in [0.25, 0.3) is 5.56 Å². The minimum absolute atomic E-state index is 0.00667. The lowest BCUT2D eigenvalue weighted by molar-refractivity contribution is 1.14. The summed E-state index contributed by atoms with van der Waals surface area (Å²) in [5.74, 6) is 0. The average Bonchev–Trinajstić information content (AvgIpc) is 2.18. The molecule has 0 atom stereocenters. The van der Waals surface area contributed by atoms with E-state index in [1.807, 2.05) is 18.2 Å². The van der Waals surface area contributed by atoms with Gasteiger partial charge in [-0.25, -0.2) is 0 Å². The smallest absolute Gasteiger partial charge is 0.255 e. The summed E-state index contributed by atoms with van der Waals surface area (Å²) < 4.78 is 0. The Morgan fingerprint density at radius 3 is 2.92 bits per heavy atom. The molecule has 2 nitrogen and oxygen atoms in total. The van der Waals surface area contributed by atoms with Crippen LogP contribution in [0, 0.1) is 0 Å². The number of hydrogen-bond donors (Lipinski definition) is 1. The van der Waals surface area contributed by atoms with Gasteiger partial charge in [0.05, 0.1) is 0 Å². The SMILES string of the molecule is CCc1ccc2cc[nH]c(=O)c2c1. The molecule has 0 amide bonds. The van der Waals surface area contributed by atoms with E-state index in [1.54, 1.807) is 6.20 Å². The van der Waals surface area contributed by atoms with Crippen LogP contribution in [0.25, 0.3) is 10.8 Å². The maximum atomic E-state index is 11.4. The molecule has 0 bridgehead atoms. The molecule has 0 aliphatic heterocycles. The lowest BCUT2D eigenvalue weighted by Gasteiger charge is -1.99. The van der Waals surface area contributed by atoms with Gasteiger partial charge in [-0.15, -0.1) is 0 Å². The van der Waals surface area contributed by atoms with Crippen LogP contribution in [-0.4, -0.2) is 4.98 Å². The fourth-order valence-corrected chi connectivity index (χ4v) is 1.45. The first-order chi connectivity index (χ1) is 6.31. The lowest BCUT2D eigenvalue weighted by Crippen LogP contribution is -2.04. The minimum Gasteiger partial charge on any atom is -0.329 e. The van der Waals surface area contributed by atoms with E-state index in [2.05, 4.69) is 18.0 Å². The molecular weight excluding hydrogens is 162 g/mol. The fourth-order valence-electron chi connectivity index (χ4n) is 1.45. The Labute approximate surface area is 76.2 Å². The largest absolute Gasteiger partial charge is 0.329 e. The van der Waals surface area contributed by atoms with Crippen molar-refractivity contribution in [2.75, 3.05) is 0 Å². The molecule has 0 saturated carbocycles. The van der Waals surface area contributed by atoms with Gasteiger partial charge in [-0.1, -0.05) is 19.1 Å². The van der Waals surface area contributed by atoms with Crippen LogP contribution in [0.15, 0.2) is 35.3 Å². The van der Waals surface area contributed by atoms with Gasteiger partial charge in [0.2, 0.25) is 0 Å². The topological polar surface area (TPSA) is 32.9 Å². The zero-order valence-corrected chi connectivity index (χ0v) is 7.50. The molecule has 0 radical (unpaired) electrons. The molecule has 1 heterocycles. The van der Waals surface area contributed by atoms with Crippen LogP contribution in [0.2, 0.25) is 0 Å². The first-order valence-electron chi connectivity index (χ1n) is 4.41. The summed E-state index contributed by atoms with van der Waals surface area (Å²) in [5, 5.41) is 1.78. The summed E-state index contributed by atoms with van der Waals surface area (Å²) in [5.41, 5.74) is 1.19. The number of hydrogen-bond acceptors (Lipinski definition) is 1. The van der Waals surface area contributed by atoms with Gasteiger partial charge in [0.1, 0.15) is 0 Å². The predicted molar refractivity (Wildman–Crippen MR) is 53.9 cm³/mol. The van der Waals surface area contributed by atoms with Crippen molar-refractivity contribution in [1.82, 2.24) is 4.98 Å². The van der Waals surface area contributed by atoms with Gasteiger partial charge in [-0.05, 0) is 29.5 Å². The van der Waals surface area contributed by atoms with E-state index in [9.17, 15) is 4.79 Å². The molecule has 0 aliphatic rings. The third kappa shape index (κ3) is 1.35. The van der Waals surface area contributed by atoms with Crippen LogP contribution in [0.4, 0.5) is 0 Å². The van der Waals surface area contributed by atoms with E-state index in [0.717, 1.165) is 17.2 Å². The maximum absolute atomic E-state index is 11.4. The van der Waals surface area contributed by atoms with Crippen LogP contribution in [0.1, 0.15) is 12.5 Å². The van der Waals surface area contributed by atoms with Crippen molar-refractivity contribution in [3.63, 3.8) is 0 Å². The summed E-state index contributed by atoms with van der Waals surface area (Å²) in [6, 6.07) is 7.91. The molecule has 0 unspecified atom stereocenters. The van der Waals surface area contributed by atoms with E-state index >= 15 is 0 Å². The van der Waals surface area contributed by atoms with E-state index in [1.165, 1.54) is 5.56 Å². The maximum Gasteiger partial charge on any atom is 0.255 e. The number of H-pyrrole nitrogens is 1. The van der Waals surface area contributed by atoms with Crippen molar-refractivity contribution in [3.8, 4) is 0 Å². The monoisotopic (exact) mass is 173 g/mol. The Kier molecular flexibility index (Phi) is 1.89. The Morgan fingerprint density at radius 1 is 1.31 bits per heavy atom. The number of benzene rings is 1. The van der Waals surface area contributed by atoms with Gasteiger partial charge in [0.15, 0.2) is 0 Å². The highest BCUT2D eigenvalue weighted by Gasteiger charge is 1.97. The standard InChI is InChI=1S/C11H11NO/c1-2-8-3-4-9-5-6-12-11(13)10(9)7-8/h3-7H,2H2,1H3,(H,12,13). The molecule has 66 valence electrons. The number of fused-ring (bicyclic) bond motifs is 1. The molecule has 0 saturated heterocycles. The van der Waals surface area contributed by atoms with E-state index < -0.39 is 0 Å². The normalized spacial score (nSPS) is 10.5. The first-order valence-corrected chi connectivity index (χ1v) is 4.41. The van der Waals surface area contributed by atoms with E-state index in [0.29, 0.717) is 0 Å². The molecule has 0 fully saturated rings. The summed E-state index contributed by atoms with van der Waals surface area (Å²) in [6.45, 7) is 2.08. The van der Waals surface area contributed by atoms with Gasteiger partial charge in [0, 0.05) is 11.6 Å². The van der Waals surface area contributed by atoms with E-state index in [4.69, 9.17) is 0 Å². The molecule has 2 heteroatoms. The van der Waals surface area contributed by atoms with E-state index in [-0.39, 0.29) is 5.56 Å². The third-order valence-electron chi connectivity index (χ3n) is 2.25. The molecule has 0 spiro atoms. The van der Waals surface area contributed by atoms with Crippen LogP contribution in [0.3, 0.4) is 0 Å². The van der Waals surface area contributed by atoms with Crippen molar-refractivity contribution in [3.05, 3.63) is 46.4 Å². The highest BCUT2D eigenvalue weighted by Crippen LogP contribution is 2.11. The number of nitrogens with one attached hydrogen (secondary N) is 1. The van der Waals surface area contributed by atoms with Crippen molar-refractivity contribution in [2.45, 2.75) is 13.3 Å². The van der Waals surface area contributed by atoms with Crippen molar-refractivity contribution >= 4 is 10.8 Å². The Bertz CT molecular complexity index is 485. The first kappa shape index (κ1) is 8.05. The summed E-state index contributed by atoms with van der Waals surface area (Å²) >= 11 is 0. The van der Waals surface area contributed by atoms with Crippen LogP contribution >= 0.6 is 0 Å². The number of pyridine rings is 1. The van der Waals surface area contributed by atoms with Crippen LogP contribution in [-0.2, 0) is 6.42 Å². The highest BCUT2D eigenvalue weighted by atomic mass is 16.1. The molecule has 1 aromatic heterocycles. The van der Waals surface area contributed by atoms with Crippen LogP contribution in [0.5, 0.6) is 0 Å². The minimum atomic E-state index is -0.00667. The van der Waals surface area contributed by atoms with Crippen molar-refractivity contribution in [1.29, 1.82) is 0 Å². The molecule has 2 rings (SSSR count). The van der Waals surface area contributed by atoms with Gasteiger partial charge in [-0.2, -0.15) is 0 Å². The zero-order chi connectivity index (χ0) is 9.26. The number of rotatable bonds is 1. The Morgan fingerprint density at radius 2 is 2.15 bits per heavy atom. The van der Waals surface area contributed by atoms with Gasteiger partial charge in [-0.3, -0.25) is 4.79 Å². The molecule has 1 N–H and O–H groups in total. The lowest BCUT2D eigenvalue weighted by atomic mass is 10.1. The quantitative estimate of drug-likeness (QED) is 0.703. The number of aromatic nitrogens is 1. The molecular formula is C11H11NO. The highest BCUT2D eigenvalue weighted by molar-refractivity contribution is 5.81. The summed E-state index contributed by atoms with van der Waals surface area (Å²) in [7, 11) is 0. The van der Waals surface area contributed by atoms with Gasteiger partial charge >= 0.3 is 0 Å². The van der Waals surface area contributed by atoms with Gasteiger partial charge < -0.3 is 4.98 Å². The van der Waals surface area contributed by atoms with Crippen LogP contribution < -0.4 is 5.56 Å². The number of aryl methyl sites for hydroxylation is 1. The fraction of sp³-hybridized carbons (Fsp3) is 0.182. The average molecular weight is 173 g/mol. The molecule has 2 aromatic rings. The molecule has 0 aliphatic carbocycles. The predicted octanol–water partition coefficient (Wildman–Crippen LogP) is 2.09. The molecule has 1 aromatic carbocycles. The summed E-state index contributed by atoms with van der Waals surface area (Å²) in [4.78, 5) is 14.1. The Hall–Kier alpha value is -1.57. The Balaban J connectivity index is 2.82. The van der Waals surface area contributed by atoms with Crippen molar-refractivity contribution in [2.24, 2.45) is 0 Å². The second kappa shape index (κ2) is 3.05.